The Hall–Kier alpha value is -1.20. The number of nitrogens with zero attached hydrogens (tertiary/aromatic N) is 1. The van der Waals surface area contributed by atoms with E-state index in [1.54, 1.807) is 13.0 Å². The van der Waals surface area contributed by atoms with Gasteiger partial charge in [0.1, 0.15) is 5.82 Å². The molecular weight excluding hydrogens is 273 g/mol. The average molecular weight is 295 g/mol. The maximum atomic E-state index is 13.5. The molecule has 0 spiro atoms. The molecule has 1 aliphatic heterocycles. The predicted molar refractivity (Wildman–Crippen MR) is 85.1 cm³/mol. The quantitative estimate of drug-likeness (QED) is 0.815. The zero-order chi connectivity index (χ0) is 14.7. The van der Waals surface area contributed by atoms with Crippen molar-refractivity contribution in [2.45, 2.75) is 52.1 Å². The number of thiocarbonyl (C=S) groups is 1. The molecule has 2 atom stereocenters. The van der Waals surface area contributed by atoms with Crippen LogP contribution in [0.25, 0.3) is 0 Å². The first-order chi connectivity index (χ1) is 9.47. The maximum absolute atomic E-state index is 13.5. The van der Waals surface area contributed by atoms with Crippen molar-refractivity contribution in [3.63, 3.8) is 0 Å². The highest BCUT2D eigenvalue weighted by molar-refractivity contribution is 7.80. The molecule has 0 amide bonds. The molecule has 1 heterocycles. The molecule has 1 saturated heterocycles. The minimum absolute atomic E-state index is 0.225. The number of rotatable bonds is 2. The lowest BCUT2D eigenvalue weighted by atomic mass is 10.00. The Morgan fingerprint density at radius 1 is 1.30 bits per heavy atom. The molecule has 1 aromatic rings. The van der Waals surface area contributed by atoms with E-state index in [4.69, 9.17) is 12.2 Å². The van der Waals surface area contributed by atoms with Crippen molar-refractivity contribution in [3.05, 3.63) is 29.6 Å². The van der Waals surface area contributed by atoms with Crippen LogP contribution in [-0.4, -0.2) is 22.2 Å². The fourth-order valence-corrected chi connectivity index (χ4v) is 2.81. The first-order valence-corrected chi connectivity index (χ1v) is 7.50. The molecule has 1 fully saturated rings. The van der Waals surface area contributed by atoms with Gasteiger partial charge in [-0.05, 0) is 63.5 Å². The second kappa shape index (κ2) is 6.50. The highest BCUT2D eigenvalue weighted by Crippen LogP contribution is 2.20. The number of aryl methyl sites for hydroxylation is 1. The first kappa shape index (κ1) is 15.2. The average Bonchev–Trinajstić information content (AvgIpc) is 2.38. The lowest BCUT2D eigenvalue weighted by Gasteiger charge is -2.39. The summed E-state index contributed by atoms with van der Waals surface area (Å²) in [7, 11) is 0. The monoisotopic (exact) mass is 295 g/mol. The van der Waals surface area contributed by atoms with Crippen molar-refractivity contribution in [3.8, 4) is 0 Å². The minimum Gasteiger partial charge on any atom is -0.332 e. The second-order valence-electron chi connectivity index (χ2n) is 5.57. The van der Waals surface area contributed by atoms with E-state index in [0.29, 0.717) is 28.4 Å². The Morgan fingerprint density at radius 3 is 2.55 bits per heavy atom. The molecule has 20 heavy (non-hydrogen) atoms. The fraction of sp³-hybridized carbons (Fsp3) is 0.533. The van der Waals surface area contributed by atoms with E-state index in [0.717, 1.165) is 0 Å². The van der Waals surface area contributed by atoms with Crippen LogP contribution in [-0.2, 0) is 0 Å². The maximum Gasteiger partial charge on any atom is 0.185 e. The van der Waals surface area contributed by atoms with Crippen LogP contribution in [0, 0.1) is 12.7 Å². The summed E-state index contributed by atoms with van der Waals surface area (Å²) in [6.07, 6.45) is 3.59. The third-order valence-electron chi connectivity index (χ3n) is 3.85. The van der Waals surface area contributed by atoms with Gasteiger partial charge in [-0.2, -0.15) is 0 Å². The van der Waals surface area contributed by atoms with Gasteiger partial charge in [0.25, 0.3) is 0 Å². The molecule has 1 aromatic carbocycles. The third kappa shape index (κ3) is 3.67. The molecule has 0 aliphatic carbocycles. The lowest BCUT2D eigenvalue weighted by Crippen LogP contribution is -2.55. The Balaban J connectivity index is 1.96. The molecule has 0 radical (unpaired) electrons. The van der Waals surface area contributed by atoms with Crippen LogP contribution in [0.2, 0.25) is 0 Å². The molecule has 0 unspecified atom stereocenters. The molecule has 3 nitrogen and oxygen atoms in total. The summed E-state index contributed by atoms with van der Waals surface area (Å²) in [5.74, 6) is -0.225. The van der Waals surface area contributed by atoms with Gasteiger partial charge in [-0.25, -0.2) is 9.40 Å². The molecule has 2 rings (SSSR count). The van der Waals surface area contributed by atoms with E-state index in [9.17, 15) is 4.39 Å². The van der Waals surface area contributed by atoms with E-state index < -0.39 is 0 Å². The number of hydrogen-bond acceptors (Lipinski definition) is 2. The van der Waals surface area contributed by atoms with Crippen molar-refractivity contribution in [1.82, 2.24) is 10.4 Å². The lowest BCUT2D eigenvalue weighted by molar-refractivity contribution is 0.0750. The Bertz CT molecular complexity index is 482. The van der Waals surface area contributed by atoms with Gasteiger partial charge in [-0.1, -0.05) is 12.5 Å². The van der Waals surface area contributed by atoms with Crippen molar-refractivity contribution < 1.29 is 4.39 Å². The topological polar surface area (TPSA) is 27.3 Å². The van der Waals surface area contributed by atoms with Crippen LogP contribution in [0.1, 0.15) is 38.7 Å². The van der Waals surface area contributed by atoms with Gasteiger partial charge in [-0.15, -0.1) is 0 Å². The van der Waals surface area contributed by atoms with Crippen LogP contribution in [0.5, 0.6) is 0 Å². The number of hydrazine groups is 1. The number of benzene rings is 1. The summed E-state index contributed by atoms with van der Waals surface area (Å²) in [4.78, 5) is 0. The van der Waals surface area contributed by atoms with E-state index in [1.807, 2.05) is 6.07 Å². The molecule has 0 saturated carbocycles. The molecule has 0 bridgehead atoms. The van der Waals surface area contributed by atoms with Crippen LogP contribution >= 0.6 is 12.2 Å². The van der Waals surface area contributed by atoms with Gasteiger partial charge in [0.2, 0.25) is 0 Å². The molecule has 5 heteroatoms. The van der Waals surface area contributed by atoms with Crippen molar-refractivity contribution in [2.75, 3.05) is 5.32 Å². The summed E-state index contributed by atoms with van der Waals surface area (Å²) in [6.45, 7) is 6.13. The molecule has 0 aromatic heterocycles. The number of halogens is 1. The zero-order valence-corrected chi connectivity index (χ0v) is 13.1. The van der Waals surface area contributed by atoms with Gasteiger partial charge in [0.05, 0.1) is 0 Å². The summed E-state index contributed by atoms with van der Waals surface area (Å²) in [5, 5.41) is 5.73. The fourth-order valence-electron chi connectivity index (χ4n) is 2.59. The summed E-state index contributed by atoms with van der Waals surface area (Å²) >= 11 is 5.31. The largest absolute Gasteiger partial charge is 0.332 e. The SMILES string of the molecule is Cc1ccc(NC(=S)NN2[C@H](C)CCC[C@@H]2C)cc1F. The normalized spacial score (nSPS) is 23.4. The number of piperidine rings is 1. The summed E-state index contributed by atoms with van der Waals surface area (Å²) < 4.78 is 13.5. The van der Waals surface area contributed by atoms with Crippen LogP contribution in [0.3, 0.4) is 0 Å². The van der Waals surface area contributed by atoms with E-state index >= 15 is 0 Å². The zero-order valence-electron chi connectivity index (χ0n) is 12.2. The van der Waals surface area contributed by atoms with Crippen molar-refractivity contribution in [1.29, 1.82) is 0 Å². The van der Waals surface area contributed by atoms with E-state index in [2.05, 4.69) is 29.6 Å². The molecular formula is C15H22FN3S. The van der Waals surface area contributed by atoms with E-state index in [-0.39, 0.29) is 5.82 Å². The number of anilines is 1. The van der Waals surface area contributed by atoms with Crippen molar-refractivity contribution in [2.24, 2.45) is 0 Å². The molecule has 2 N–H and O–H groups in total. The molecule has 1 aliphatic rings. The van der Waals surface area contributed by atoms with Crippen LogP contribution in [0.4, 0.5) is 10.1 Å². The third-order valence-corrected chi connectivity index (χ3v) is 4.05. The number of hydrogen-bond donors (Lipinski definition) is 2. The standard InChI is InChI=1S/C15H22FN3S/c1-10-7-8-13(9-14(10)16)17-15(20)18-19-11(2)5-4-6-12(19)3/h7-9,11-12H,4-6H2,1-3H3,(H2,17,18,20)/t11-,12+. The first-order valence-electron chi connectivity index (χ1n) is 7.09. The summed E-state index contributed by atoms with van der Waals surface area (Å²) in [6, 6.07) is 5.94. The van der Waals surface area contributed by atoms with Crippen molar-refractivity contribution >= 4 is 23.0 Å². The minimum atomic E-state index is -0.225. The Labute approximate surface area is 125 Å². The summed E-state index contributed by atoms with van der Waals surface area (Å²) in [5.41, 5.74) is 4.53. The smallest absolute Gasteiger partial charge is 0.185 e. The van der Waals surface area contributed by atoms with Crippen LogP contribution in [0.15, 0.2) is 18.2 Å². The number of nitrogens with one attached hydrogen (secondary N) is 2. The Morgan fingerprint density at radius 2 is 1.95 bits per heavy atom. The van der Waals surface area contributed by atoms with Gasteiger partial charge in [-0.3, -0.25) is 5.43 Å². The Kier molecular flexibility index (Phi) is 4.94. The van der Waals surface area contributed by atoms with Gasteiger partial charge in [0, 0.05) is 17.8 Å². The highest BCUT2D eigenvalue weighted by atomic mass is 32.1. The predicted octanol–water partition coefficient (Wildman–Crippen LogP) is 3.60. The van der Waals surface area contributed by atoms with E-state index in [1.165, 1.54) is 25.3 Å². The van der Waals surface area contributed by atoms with Gasteiger partial charge >= 0.3 is 0 Å². The molecule has 110 valence electrons. The second-order valence-corrected chi connectivity index (χ2v) is 5.97. The van der Waals surface area contributed by atoms with Crippen LogP contribution < -0.4 is 10.7 Å². The highest BCUT2D eigenvalue weighted by Gasteiger charge is 2.25. The van der Waals surface area contributed by atoms with Gasteiger partial charge < -0.3 is 5.32 Å². The van der Waals surface area contributed by atoms with Gasteiger partial charge in [0.15, 0.2) is 5.11 Å².